The van der Waals surface area contributed by atoms with E-state index in [0.717, 1.165) is 23.8 Å². The van der Waals surface area contributed by atoms with Crippen molar-refractivity contribution in [2.75, 3.05) is 18.1 Å². The molecule has 0 aliphatic heterocycles. The van der Waals surface area contributed by atoms with Crippen LogP contribution in [0.25, 0.3) is 0 Å². The van der Waals surface area contributed by atoms with Gasteiger partial charge in [0, 0.05) is 6.54 Å². The minimum Gasteiger partial charge on any atom is -0.361 e. The molecule has 1 heterocycles. The standard InChI is InChI=1S/C13H16N2S2/c1-10-12(16-2)17-13(15-10)14-9-8-11-6-4-3-5-7-11/h3-7H,8-9H2,1-2H3,(H,14,15). The van der Waals surface area contributed by atoms with E-state index in [4.69, 9.17) is 0 Å². The summed E-state index contributed by atoms with van der Waals surface area (Å²) in [5.41, 5.74) is 2.49. The van der Waals surface area contributed by atoms with Crippen LogP contribution in [0.3, 0.4) is 0 Å². The highest BCUT2D eigenvalue weighted by molar-refractivity contribution is 8.00. The quantitative estimate of drug-likeness (QED) is 0.831. The van der Waals surface area contributed by atoms with Gasteiger partial charge in [-0.1, -0.05) is 41.7 Å². The van der Waals surface area contributed by atoms with Gasteiger partial charge in [-0.15, -0.1) is 11.8 Å². The second-order valence-corrected chi connectivity index (χ2v) is 5.83. The van der Waals surface area contributed by atoms with E-state index < -0.39 is 0 Å². The molecule has 0 aliphatic carbocycles. The lowest BCUT2D eigenvalue weighted by atomic mass is 10.2. The fourth-order valence-electron chi connectivity index (χ4n) is 1.61. The van der Waals surface area contributed by atoms with Crippen LogP contribution in [0.2, 0.25) is 0 Å². The lowest BCUT2D eigenvalue weighted by Crippen LogP contribution is -2.04. The van der Waals surface area contributed by atoms with Crippen molar-refractivity contribution in [3.8, 4) is 0 Å². The number of anilines is 1. The molecule has 0 amide bonds. The predicted octanol–water partition coefficient (Wildman–Crippen LogP) is 3.83. The van der Waals surface area contributed by atoms with Crippen molar-refractivity contribution in [1.82, 2.24) is 4.98 Å². The van der Waals surface area contributed by atoms with Crippen LogP contribution in [0.1, 0.15) is 11.3 Å². The van der Waals surface area contributed by atoms with Crippen molar-refractivity contribution in [1.29, 1.82) is 0 Å². The molecule has 0 saturated heterocycles. The molecule has 0 atom stereocenters. The Morgan fingerprint density at radius 3 is 2.71 bits per heavy atom. The molecular formula is C13H16N2S2. The minimum absolute atomic E-state index is 0.935. The number of nitrogens with one attached hydrogen (secondary N) is 1. The topological polar surface area (TPSA) is 24.9 Å². The smallest absolute Gasteiger partial charge is 0.183 e. The minimum atomic E-state index is 0.935. The summed E-state index contributed by atoms with van der Waals surface area (Å²) in [6, 6.07) is 10.5. The molecule has 1 aromatic heterocycles. The molecule has 2 rings (SSSR count). The van der Waals surface area contributed by atoms with Crippen LogP contribution in [0.4, 0.5) is 5.13 Å². The Morgan fingerprint density at radius 1 is 1.29 bits per heavy atom. The van der Waals surface area contributed by atoms with Crippen molar-refractivity contribution < 1.29 is 0 Å². The number of thioether (sulfide) groups is 1. The zero-order chi connectivity index (χ0) is 12.1. The SMILES string of the molecule is CSc1sc(NCCc2ccccc2)nc1C. The molecule has 0 radical (unpaired) electrons. The molecule has 0 spiro atoms. The number of benzene rings is 1. The normalized spacial score (nSPS) is 10.5. The Bertz CT molecular complexity index is 466. The van der Waals surface area contributed by atoms with Crippen LogP contribution in [0, 0.1) is 6.92 Å². The molecule has 2 aromatic rings. The summed E-state index contributed by atoms with van der Waals surface area (Å²) in [5, 5.41) is 4.41. The van der Waals surface area contributed by atoms with Gasteiger partial charge in [0.25, 0.3) is 0 Å². The van der Waals surface area contributed by atoms with Gasteiger partial charge in [-0.25, -0.2) is 4.98 Å². The largest absolute Gasteiger partial charge is 0.361 e. The van der Waals surface area contributed by atoms with Crippen LogP contribution >= 0.6 is 23.1 Å². The van der Waals surface area contributed by atoms with Gasteiger partial charge in [0.1, 0.15) is 0 Å². The lowest BCUT2D eigenvalue weighted by Gasteiger charge is -2.02. The van der Waals surface area contributed by atoms with Crippen LogP contribution in [-0.2, 0) is 6.42 Å². The highest BCUT2D eigenvalue weighted by Gasteiger charge is 2.05. The Hall–Kier alpha value is -1.00. The number of hydrogen-bond donors (Lipinski definition) is 1. The van der Waals surface area contributed by atoms with Crippen molar-refractivity contribution >= 4 is 28.2 Å². The molecule has 2 nitrogen and oxygen atoms in total. The molecule has 0 fully saturated rings. The van der Waals surface area contributed by atoms with E-state index in [1.807, 2.05) is 6.07 Å². The first-order valence-corrected chi connectivity index (χ1v) is 7.63. The van der Waals surface area contributed by atoms with Gasteiger partial charge in [0.05, 0.1) is 9.90 Å². The number of aryl methyl sites for hydroxylation is 1. The first-order valence-electron chi connectivity index (χ1n) is 5.59. The average molecular weight is 264 g/mol. The Balaban J connectivity index is 1.86. The molecule has 17 heavy (non-hydrogen) atoms. The predicted molar refractivity (Wildman–Crippen MR) is 77.3 cm³/mol. The third-order valence-electron chi connectivity index (χ3n) is 2.47. The monoisotopic (exact) mass is 264 g/mol. The Labute approximate surface area is 110 Å². The van der Waals surface area contributed by atoms with E-state index in [0.29, 0.717) is 0 Å². The average Bonchev–Trinajstić information content (AvgIpc) is 2.71. The maximum Gasteiger partial charge on any atom is 0.183 e. The summed E-state index contributed by atoms with van der Waals surface area (Å²) < 4.78 is 1.30. The maximum atomic E-state index is 4.50. The summed E-state index contributed by atoms with van der Waals surface area (Å²) in [4.78, 5) is 4.50. The summed E-state index contributed by atoms with van der Waals surface area (Å²) in [6.45, 7) is 3.00. The van der Waals surface area contributed by atoms with E-state index in [9.17, 15) is 0 Å². The second kappa shape index (κ2) is 6.07. The van der Waals surface area contributed by atoms with Crippen LogP contribution < -0.4 is 5.32 Å². The van der Waals surface area contributed by atoms with E-state index >= 15 is 0 Å². The molecule has 4 heteroatoms. The van der Waals surface area contributed by atoms with Gasteiger partial charge < -0.3 is 5.32 Å². The first-order chi connectivity index (χ1) is 8.29. The molecule has 1 aromatic carbocycles. The molecule has 90 valence electrons. The molecule has 0 saturated carbocycles. The van der Waals surface area contributed by atoms with Crippen LogP contribution in [0.15, 0.2) is 34.5 Å². The molecular weight excluding hydrogens is 248 g/mol. The highest BCUT2D eigenvalue weighted by Crippen LogP contribution is 2.30. The molecule has 0 unspecified atom stereocenters. The number of rotatable bonds is 5. The molecule has 0 aliphatic rings. The van der Waals surface area contributed by atoms with E-state index in [2.05, 4.69) is 47.7 Å². The Kier molecular flexibility index (Phi) is 4.45. The van der Waals surface area contributed by atoms with Gasteiger partial charge in [-0.3, -0.25) is 0 Å². The summed E-state index contributed by atoms with van der Waals surface area (Å²) >= 11 is 3.50. The fourth-order valence-corrected chi connectivity index (χ4v) is 3.24. The third kappa shape index (κ3) is 3.48. The second-order valence-electron chi connectivity index (χ2n) is 3.76. The van der Waals surface area contributed by atoms with Crippen molar-refractivity contribution in [3.63, 3.8) is 0 Å². The summed E-state index contributed by atoms with van der Waals surface area (Å²) in [5.74, 6) is 0. The Morgan fingerprint density at radius 2 is 2.06 bits per heavy atom. The van der Waals surface area contributed by atoms with E-state index in [1.165, 1.54) is 9.77 Å². The zero-order valence-corrected chi connectivity index (χ0v) is 11.7. The fraction of sp³-hybridized carbons (Fsp3) is 0.308. The highest BCUT2D eigenvalue weighted by atomic mass is 32.2. The van der Waals surface area contributed by atoms with Gasteiger partial charge in [0.15, 0.2) is 5.13 Å². The van der Waals surface area contributed by atoms with Crippen molar-refractivity contribution in [3.05, 3.63) is 41.6 Å². The number of aromatic nitrogens is 1. The molecule has 0 bridgehead atoms. The third-order valence-corrected chi connectivity index (χ3v) is 4.80. The lowest BCUT2D eigenvalue weighted by molar-refractivity contribution is 1.01. The van der Waals surface area contributed by atoms with Crippen LogP contribution in [-0.4, -0.2) is 17.8 Å². The van der Waals surface area contributed by atoms with E-state index in [-0.39, 0.29) is 0 Å². The number of nitrogens with zero attached hydrogens (tertiary/aromatic N) is 1. The maximum absolute atomic E-state index is 4.50. The van der Waals surface area contributed by atoms with Gasteiger partial charge >= 0.3 is 0 Å². The van der Waals surface area contributed by atoms with Gasteiger partial charge in [-0.2, -0.15) is 0 Å². The van der Waals surface area contributed by atoms with E-state index in [1.54, 1.807) is 23.1 Å². The van der Waals surface area contributed by atoms with Crippen molar-refractivity contribution in [2.24, 2.45) is 0 Å². The van der Waals surface area contributed by atoms with Gasteiger partial charge in [0.2, 0.25) is 0 Å². The number of hydrogen-bond acceptors (Lipinski definition) is 4. The summed E-state index contributed by atoms with van der Waals surface area (Å²) in [6.07, 6.45) is 3.13. The van der Waals surface area contributed by atoms with Crippen LogP contribution in [0.5, 0.6) is 0 Å². The number of thiazole rings is 1. The first kappa shape index (κ1) is 12.5. The summed E-state index contributed by atoms with van der Waals surface area (Å²) in [7, 11) is 0. The zero-order valence-electron chi connectivity index (χ0n) is 10.1. The van der Waals surface area contributed by atoms with Crippen molar-refractivity contribution in [2.45, 2.75) is 17.6 Å². The van der Waals surface area contributed by atoms with Gasteiger partial charge in [-0.05, 0) is 25.2 Å². The molecule has 1 N–H and O–H groups in total.